The first kappa shape index (κ1) is 15.3. The lowest BCUT2D eigenvalue weighted by Crippen LogP contribution is -2.28. The monoisotopic (exact) mass is 307 g/mol. The van der Waals surface area contributed by atoms with E-state index in [2.05, 4.69) is 9.71 Å². The van der Waals surface area contributed by atoms with Crippen LogP contribution in [0.5, 0.6) is 5.75 Å². The molecule has 0 saturated carbocycles. The summed E-state index contributed by atoms with van der Waals surface area (Å²) in [7, 11) is -3.41. The van der Waals surface area contributed by atoms with Crippen LogP contribution in [0.15, 0.2) is 48.8 Å². The number of hydrogen-bond donors (Lipinski definition) is 2. The zero-order valence-electron chi connectivity index (χ0n) is 11.4. The third-order valence-electron chi connectivity index (χ3n) is 2.75. The van der Waals surface area contributed by atoms with Gasteiger partial charge in [-0.1, -0.05) is 18.2 Å². The average Bonchev–Trinajstić information content (AvgIpc) is 2.48. The van der Waals surface area contributed by atoms with Crippen LogP contribution in [0.4, 0.5) is 5.69 Å². The summed E-state index contributed by atoms with van der Waals surface area (Å²) in [6, 6.07) is 10.5. The van der Waals surface area contributed by atoms with Crippen molar-refractivity contribution in [2.75, 3.05) is 18.1 Å². The number of sulfonamides is 1. The molecule has 0 bridgehead atoms. The number of ether oxygens (including phenoxy) is 1. The van der Waals surface area contributed by atoms with Gasteiger partial charge in [0.1, 0.15) is 12.4 Å². The van der Waals surface area contributed by atoms with Crippen LogP contribution in [0.3, 0.4) is 0 Å². The van der Waals surface area contributed by atoms with Gasteiger partial charge in [-0.25, -0.2) is 13.1 Å². The highest BCUT2D eigenvalue weighted by atomic mass is 32.2. The van der Waals surface area contributed by atoms with Gasteiger partial charge >= 0.3 is 0 Å². The molecule has 0 aliphatic carbocycles. The Morgan fingerprint density at radius 3 is 2.71 bits per heavy atom. The lowest BCUT2D eigenvalue weighted by Gasteiger charge is -2.09. The lowest BCUT2D eigenvalue weighted by atomic mass is 10.3. The first-order valence-corrected chi connectivity index (χ1v) is 8.05. The lowest BCUT2D eigenvalue weighted by molar-refractivity contribution is 0.342. The van der Waals surface area contributed by atoms with E-state index in [0.717, 1.165) is 5.56 Å². The molecule has 0 aliphatic rings. The second-order valence-electron chi connectivity index (χ2n) is 4.39. The maximum atomic E-state index is 11.8. The van der Waals surface area contributed by atoms with Gasteiger partial charge in [0.25, 0.3) is 0 Å². The zero-order valence-corrected chi connectivity index (χ0v) is 12.2. The van der Waals surface area contributed by atoms with E-state index in [1.807, 2.05) is 0 Å². The highest BCUT2D eigenvalue weighted by molar-refractivity contribution is 7.89. The van der Waals surface area contributed by atoms with Gasteiger partial charge in [-0.15, -0.1) is 0 Å². The number of nitrogen functional groups attached to an aromatic ring is 1. The minimum absolute atomic E-state index is 0.0383. The Balaban J connectivity index is 1.80. The van der Waals surface area contributed by atoms with Crippen LogP contribution in [-0.2, 0) is 16.6 Å². The molecule has 0 fully saturated rings. The van der Waals surface area contributed by atoms with Gasteiger partial charge < -0.3 is 10.5 Å². The number of benzene rings is 1. The van der Waals surface area contributed by atoms with Crippen molar-refractivity contribution in [1.82, 2.24) is 9.71 Å². The molecule has 1 heterocycles. The van der Waals surface area contributed by atoms with E-state index >= 15 is 0 Å². The van der Waals surface area contributed by atoms with Crippen LogP contribution in [0.1, 0.15) is 5.56 Å². The van der Waals surface area contributed by atoms with E-state index < -0.39 is 10.0 Å². The van der Waals surface area contributed by atoms with Gasteiger partial charge in [-0.2, -0.15) is 0 Å². The molecule has 0 unspecified atom stereocenters. The Morgan fingerprint density at radius 2 is 2.00 bits per heavy atom. The van der Waals surface area contributed by atoms with E-state index in [-0.39, 0.29) is 18.9 Å². The number of rotatable bonds is 7. The number of para-hydroxylation sites is 2. The first-order chi connectivity index (χ1) is 10.1. The van der Waals surface area contributed by atoms with Gasteiger partial charge in [0.2, 0.25) is 10.0 Å². The molecule has 0 saturated heterocycles. The summed E-state index contributed by atoms with van der Waals surface area (Å²) in [5, 5.41) is 0. The molecule has 2 rings (SSSR count). The first-order valence-electron chi connectivity index (χ1n) is 6.40. The Labute approximate surface area is 124 Å². The fourth-order valence-corrected chi connectivity index (χ4v) is 2.48. The van der Waals surface area contributed by atoms with Crippen molar-refractivity contribution < 1.29 is 13.2 Å². The van der Waals surface area contributed by atoms with E-state index in [9.17, 15) is 8.42 Å². The fraction of sp³-hybridized carbons (Fsp3) is 0.214. The summed E-state index contributed by atoms with van der Waals surface area (Å²) in [6.07, 6.45) is 3.25. The van der Waals surface area contributed by atoms with Crippen molar-refractivity contribution in [1.29, 1.82) is 0 Å². The number of nitrogens with two attached hydrogens (primary N) is 1. The Hall–Kier alpha value is -2.12. The van der Waals surface area contributed by atoms with Crippen molar-refractivity contribution in [3.63, 3.8) is 0 Å². The molecule has 0 atom stereocenters. The smallest absolute Gasteiger partial charge is 0.215 e. The molecule has 0 aliphatic heterocycles. The standard InChI is InChI=1S/C14H17N3O3S/c15-13-5-1-2-6-14(13)20-8-9-21(18,19)17-11-12-4-3-7-16-10-12/h1-7,10,17H,8-9,11,15H2. The van der Waals surface area contributed by atoms with E-state index in [1.54, 1.807) is 48.8 Å². The Bertz CT molecular complexity index is 675. The van der Waals surface area contributed by atoms with Crippen LogP contribution >= 0.6 is 0 Å². The van der Waals surface area contributed by atoms with E-state index in [1.165, 1.54) is 0 Å². The maximum Gasteiger partial charge on any atom is 0.215 e. The SMILES string of the molecule is Nc1ccccc1OCCS(=O)(=O)NCc1cccnc1. The number of hydrogen-bond acceptors (Lipinski definition) is 5. The molecule has 7 heteroatoms. The molecular weight excluding hydrogens is 290 g/mol. The third-order valence-corrected chi connectivity index (χ3v) is 4.04. The van der Waals surface area contributed by atoms with Crippen LogP contribution in [0.25, 0.3) is 0 Å². The second kappa shape index (κ2) is 7.05. The summed E-state index contributed by atoms with van der Waals surface area (Å²) in [4.78, 5) is 3.92. The second-order valence-corrected chi connectivity index (χ2v) is 6.31. The summed E-state index contributed by atoms with van der Waals surface area (Å²) in [6.45, 7) is 0.250. The number of nitrogens with zero attached hydrogens (tertiary/aromatic N) is 1. The zero-order chi connectivity index (χ0) is 15.1. The van der Waals surface area contributed by atoms with Crippen LogP contribution in [0, 0.1) is 0 Å². The molecule has 21 heavy (non-hydrogen) atoms. The molecule has 112 valence electrons. The summed E-state index contributed by atoms with van der Waals surface area (Å²) in [5.41, 5.74) is 6.99. The summed E-state index contributed by atoms with van der Waals surface area (Å²) in [5.74, 6) is 0.349. The van der Waals surface area contributed by atoms with Crippen molar-refractivity contribution in [2.45, 2.75) is 6.54 Å². The van der Waals surface area contributed by atoms with Gasteiger partial charge in [-0.05, 0) is 23.8 Å². The molecule has 0 radical (unpaired) electrons. The third kappa shape index (κ3) is 5.05. The average molecular weight is 307 g/mol. The Morgan fingerprint density at radius 1 is 1.19 bits per heavy atom. The van der Waals surface area contributed by atoms with E-state index in [0.29, 0.717) is 11.4 Å². The largest absolute Gasteiger partial charge is 0.490 e. The number of anilines is 1. The molecule has 2 aromatic rings. The predicted molar refractivity (Wildman–Crippen MR) is 81.2 cm³/mol. The summed E-state index contributed by atoms with van der Waals surface area (Å²) >= 11 is 0. The van der Waals surface area contributed by atoms with Crippen molar-refractivity contribution in [3.05, 3.63) is 54.4 Å². The number of nitrogens with one attached hydrogen (secondary N) is 1. The van der Waals surface area contributed by atoms with E-state index in [4.69, 9.17) is 10.5 Å². The van der Waals surface area contributed by atoms with Crippen molar-refractivity contribution in [3.8, 4) is 5.75 Å². The van der Waals surface area contributed by atoms with Gasteiger partial charge in [0, 0.05) is 18.9 Å². The molecule has 0 amide bonds. The van der Waals surface area contributed by atoms with Crippen LogP contribution in [-0.4, -0.2) is 25.8 Å². The van der Waals surface area contributed by atoms with Gasteiger partial charge in [0.15, 0.2) is 0 Å². The maximum absolute atomic E-state index is 11.8. The highest BCUT2D eigenvalue weighted by Crippen LogP contribution is 2.19. The topological polar surface area (TPSA) is 94.3 Å². The van der Waals surface area contributed by atoms with Gasteiger partial charge in [0.05, 0.1) is 11.4 Å². The van der Waals surface area contributed by atoms with Crippen LogP contribution in [0.2, 0.25) is 0 Å². The molecular formula is C14H17N3O3S. The van der Waals surface area contributed by atoms with Crippen molar-refractivity contribution >= 4 is 15.7 Å². The normalized spacial score (nSPS) is 11.2. The molecule has 1 aromatic heterocycles. The predicted octanol–water partition coefficient (Wildman–Crippen LogP) is 1.16. The number of pyridine rings is 1. The van der Waals surface area contributed by atoms with Crippen molar-refractivity contribution in [2.24, 2.45) is 0 Å². The Kier molecular flexibility index (Phi) is 5.13. The molecule has 3 N–H and O–H groups in total. The molecule has 1 aromatic carbocycles. The molecule has 0 spiro atoms. The highest BCUT2D eigenvalue weighted by Gasteiger charge is 2.10. The fourth-order valence-electron chi connectivity index (χ4n) is 1.64. The molecule has 6 nitrogen and oxygen atoms in total. The summed E-state index contributed by atoms with van der Waals surface area (Å²) < 4.78 is 31.5. The van der Waals surface area contributed by atoms with Crippen LogP contribution < -0.4 is 15.2 Å². The minimum Gasteiger partial charge on any atom is -0.490 e. The minimum atomic E-state index is -3.41. The quantitative estimate of drug-likeness (QED) is 0.749. The number of aromatic nitrogens is 1. The van der Waals surface area contributed by atoms with Gasteiger partial charge in [-0.3, -0.25) is 4.98 Å².